The van der Waals surface area contributed by atoms with E-state index in [1.54, 1.807) is 0 Å². The first-order valence-electron chi connectivity index (χ1n) is 2.53. The molecule has 3 nitrogen and oxygen atoms in total. The second-order valence-electron chi connectivity index (χ2n) is 1.28. The molecule has 44 valence electrons. The summed E-state index contributed by atoms with van der Waals surface area (Å²) in [5.41, 5.74) is 4.99. The van der Waals surface area contributed by atoms with Gasteiger partial charge in [0.15, 0.2) is 0 Å². The van der Waals surface area contributed by atoms with Crippen LogP contribution in [-0.2, 0) is 4.79 Å². The zero-order chi connectivity index (χ0) is 6.41. The van der Waals surface area contributed by atoms with Crippen LogP contribution < -0.4 is 10.9 Å². The molecule has 0 aromatic heterocycles. The number of hydrogen-bond acceptors (Lipinski definition) is 2. The smallest absolute Gasteiger partial charge is 0.225 e. The van der Waals surface area contributed by atoms with Crippen LogP contribution >= 0.6 is 0 Å². The maximum absolute atomic E-state index is 10.3. The topological polar surface area (TPSA) is 41.1 Å². The first-order chi connectivity index (χ1) is 3.81. The van der Waals surface area contributed by atoms with E-state index in [1.807, 2.05) is 6.92 Å². The fourth-order valence-electron chi connectivity index (χ4n) is 0.238. The summed E-state index contributed by atoms with van der Waals surface area (Å²) < 4.78 is 0. The van der Waals surface area contributed by atoms with Gasteiger partial charge in [0.05, 0.1) is 7.85 Å². The van der Waals surface area contributed by atoms with Gasteiger partial charge in [-0.2, -0.15) is 0 Å². The van der Waals surface area contributed by atoms with E-state index in [1.165, 1.54) is 0 Å². The van der Waals surface area contributed by atoms with Crippen LogP contribution in [0.25, 0.3) is 0 Å². The summed E-state index contributed by atoms with van der Waals surface area (Å²) in [5, 5.41) is 0. The zero-order valence-corrected chi connectivity index (χ0v) is 4.90. The quantitative estimate of drug-likeness (QED) is 0.371. The van der Waals surface area contributed by atoms with Crippen LogP contribution in [0.2, 0.25) is 6.32 Å². The Balaban J connectivity index is 2.99. The van der Waals surface area contributed by atoms with Crippen LogP contribution in [0.1, 0.15) is 6.92 Å². The molecule has 0 atom stereocenters. The molecule has 1 amide bonds. The molecule has 0 rings (SSSR count). The average molecular weight is 112 g/mol. The van der Waals surface area contributed by atoms with Gasteiger partial charge in [0, 0.05) is 6.54 Å². The molecule has 0 saturated heterocycles. The van der Waals surface area contributed by atoms with Crippen molar-refractivity contribution in [2.45, 2.75) is 13.2 Å². The molecule has 4 heteroatoms. The van der Waals surface area contributed by atoms with Crippen LogP contribution in [0, 0.1) is 0 Å². The highest BCUT2D eigenvalue weighted by atomic mass is 16.2. The van der Waals surface area contributed by atoms with Gasteiger partial charge in [-0.05, 0) is 6.32 Å². The maximum Gasteiger partial charge on any atom is 0.225 e. The Hall–Kier alpha value is -0.505. The number of amides is 1. The van der Waals surface area contributed by atoms with Crippen LogP contribution in [0.15, 0.2) is 0 Å². The second kappa shape index (κ2) is 4.65. The van der Waals surface area contributed by atoms with E-state index in [2.05, 4.69) is 10.9 Å². The van der Waals surface area contributed by atoms with Crippen molar-refractivity contribution >= 4 is 13.8 Å². The van der Waals surface area contributed by atoms with Crippen molar-refractivity contribution in [1.29, 1.82) is 0 Å². The molecule has 8 heavy (non-hydrogen) atoms. The molecular weight excluding hydrogens is 103 g/mol. The monoisotopic (exact) mass is 112 g/mol. The Bertz CT molecular complexity index is 76.4. The lowest BCUT2D eigenvalue weighted by atomic mass is 10.1. The van der Waals surface area contributed by atoms with Crippen molar-refractivity contribution in [2.24, 2.45) is 0 Å². The molecule has 0 fully saturated rings. The van der Waals surface area contributed by atoms with Gasteiger partial charge in [0.2, 0.25) is 5.91 Å². The van der Waals surface area contributed by atoms with Gasteiger partial charge in [-0.1, -0.05) is 6.92 Å². The Morgan fingerprint density at radius 2 is 2.38 bits per heavy atom. The summed E-state index contributed by atoms with van der Waals surface area (Å²) in [7, 11) is 4.96. The van der Waals surface area contributed by atoms with Crippen molar-refractivity contribution in [3.63, 3.8) is 0 Å². The van der Waals surface area contributed by atoms with E-state index in [4.69, 9.17) is 7.85 Å². The third-order valence-corrected chi connectivity index (χ3v) is 0.590. The molecule has 0 spiro atoms. The molecule has 2 radical (unpaired) electrons. The Labute approximate surface area is 50.2 Å². The minimum absolute atomic E-state index is 0.0347. The molecule has 0 aromatic rings. The Morgan fingerprint density at radius 1 is 1.75 bits per heavy atom. The van der Waals surface area contributed by atoms with Crippen LogP contribution in [-0.4, -0.2) is 20.3 Å². The molecular formula is C4H9BN2O. The Kier molecular flexibility index (Phi) is 4.36. The van der Waals surface area contributed by atoms with E-state index in [9.17, 15) is 4.79 Å². The lowest BCUT2D eigenvalue weighted by molar-refractivity contribution is -0.119. The number of carbonyl (C=O) groups is 1. The van der Waals surface area contributed by atoms with Gasteiger partial charge < -0.3 is 0 Å². The fraction of sp³-hybridized carbons (Fsp3) is 0.750. The van der Waals surface area contributed by atoms with Crippen LogP contribution in [0.5, 0.6) is 0 Å². The van der Waals surface area contributed by atoms with Crippen molar-refractivity contribution in [3.8, 4) is 0 Å². The molecule has 0 saturated carbocycles. The summed E-state index contributed by atoms with van der Waals surface area (Å²) in [6.07, 6.45) is 0.0347. The first kappa shape index (κ1) is 7.49. The predicted molar refractivity (Wildman–Crippen MR) is 32.4 cm³/mol. The fourth-order valence-corrected chi connectivity index (χ4v) is 0.238. The molecule has 0 aromatic carbocycles. The largest absolute Gasteiger partial charge is 0.292 e. The minimum Gasteiger partial charge on any atom is -0.292 e. The molecule has 2 N–H and O–H groups in total. The Morgan fingerprint density at radius 3 is 2.75 bits per heavy atom. The summed E-state index contributed by atoms with van der Waals surface area (Å²) in [5.74, 6) is -0.188. The molecule has 0 aliphatic rings. The minimum atomic E-state index is -0.188. The van der Waals surface area contributed by atoms with Crippen molar-refractivity contribution in [3.05, 3.63) is 0 Å². The van der Waals surface area contributed by atoms with Gasteiger partial charge >= 0.3 is 0 Å². The number of nitrogens with one attached hydrogen (secondary N) is 2. The summed E-state index contributed by atoms with van der Waals surface area (Å²) in [4.78, 5) is 10.3. The van der Waals surface area contributed by atoms with Gasteiger partial charge in [-0.3, -0.25) is 10.2 Å². The van der Waals surface area contributed by atoms with E-state index in [-0.39, 0.29) is 12.2 Å². The second-order valence-corrected chi connectivity index (χ2v) is 1.28. The average Bonchev–Trinajstić information content (AvgIpc) is 1.83. The van der Waals surface area contributed by atoms with E-state index in [0.29, 0.717) is 6.54 Å². The van der Waals surface area contributed by atoms with Crippen molar-refractivity contribution in [1.82, 2.24) is 10.9 Å². The van der Waals surface area contributed by atoms with Gasteiger partial charge in [0.25, 0.3) is 0 Å². The highest BCUT2D eigenvalue weighted by Gasteiger charge is 1.89. The third-order valence-electron chi connectivity index (χ3n) is 0.590. The predicted octanol–water partition coefficient (Wildman–Crippen LogP) is -0.786. The van der Waals surface area contributed by atoms with Crippen LogP contribution in [0.4, 0.5) is 0 Å². The molecule has 0 unspecified atom stereocenters. The summed E-state index contributed by atoms with van der Waals surface area (Å²) in [6, 6.07) is 0. The molecule has 0 heterocycles. The highest BCUT2D eigenvalue weighted by Crippen LogP contribution is 1.65. The normalized spacial score (nSPS) is 8.62. The van der Waals surface area contributed by atoms with Gasteiger partial charge in [0.1, 0.15) is 0 Å². The van der Waals surface area contributed by atoms with Gasteiger partial charge in [-0.25, -0.2) is 5.43 Å². The SMILES string of the molecule is [B]CC(=O)NNCC. The van der Waals surface area contributed by atoms with E-state index in [0.717, 1.165) is 0 Å². The zero-order valence-electron chi connectivity index (χ0n) is 4.90. The molecule has 0 aliphatic heterocycles. The molecule has 0 aliphatic carbocycles. The summed E-state index contributed by atoms with van der Waals surface area (Å²) >= 11 is 0. The lowest BCUT2D eigenvalue weighted by Gasteiger charge is -2.00. The first-order valence-corrected chi connectivity index (χ1v) is 2.53. The van der Waals surface area contributed by atoms with Gasteiger partial charge in [-0.15, -0.1) is 0 Å². The summed E-state index contributed by atoms with van der Waals surface area (Å²) in [6.45, 7) is 2.60. The molecule has 0 bridgehead atoms. The highest BCUT2D eigenvalue weighted by molar-refractivity contribution is 6.19. The van der Waals surface area contributed by atoms with E-state index < -0.39 is 0 Å². The number of rotatable bonds is 3. The number of hydrogen-bond donors (Lipinski definition) is 2. The van der Waals surface area contributed by atoms with Crippen molar-refractivity contribution < 1.29 is 4.79 Å². The van der Waals surface area contributed by atoms with Crippen molar-refractivity contribution in [2.75, 3.05) is 6.54 Å². The maximum atomic E-state index is 10.3. The van der Waals surface area contributed by atoms with Crippen LogP contribution in [0.3, 0.4) is 0 Å². The number of hydrazine groups is 1. The lowest BCUT2D eigenvalue weighted by Crippen LogP contribution is -2.36. The number of carbonyl (C=O) groups excluding carboxylic acids is 1. The standard InChI is InChI=1S/C4H9BN2O/c1-2-6-7-4(8)3-5/h6H,2-3H2,1H3,(H,7,8). The third kappa shape index (κ3) is 3.68. The van der Waals surface area contributed by atoms with E-state index >= 15 is 0 Å².